The van der Waals surface area contributed by atoms with Crippen molar-refractivity contribution < 1.29 is 4.79 Å². The van der Waals surface area contributed by atoms with Crippen molar-refractivity contribution >= 4 is 44.1 Å². The molecule has 0 fully saturated rings. The molecule has 25 heavy (non-hydrogen) atoms. The van der Waals surface area contributed by atoms with Crippen molar-refractivity contribution in [1.29, 1.82) is 0 Å². The molecule has 0 aliphatic carbocycles. The molecule has 1 aromatic carbocycles. The molecule has 0 unspecified atom stereocenters. The highest BCUT2D eigenvalue weighted by molar-refractivity contribution is 9.10. The second kappa shape index (κ2) is 7.76. The molecule has 0 N–H and O–H groups in total. The maximum atomic E-state index is 12.7. The number of hydrogen-bond acceptors (Lipinski definition) is 4. The van der Waals surface area contributed by atoms with Crippen LogP contribution in [0.3, 0.4) is 0 Å². The van der Waals surface area contributed by atoms with Gasteiger partial charge in [-0.05, 0) is 29.6 Å². The Morgan fingerprint density at radius 1 is 1.40 bits per heavy atom. The number of carbonyl (C=O) groups excluding carboxylic acids is 1. The average Bonchev–Trinajstić information content (AvgIpc) is 3.10. The van der Waals surface area contributed by atoms with Crippen LogP contribution in [0.4, 0.5) is 0 Å². The monoisotopic (exact) mass is 417 g/mol. The Bertz CT molecular complexity index is 966. The molecule has 3 rings (SSSR count). The van der Waals surface area contributed by atoms with Gasteiger partial charge in [-0.3, -0.25) is 14.2 Å². The van der Waals surface area contributed by atoms with Crippen molar-refractivity contribution in [1.82, 2.24) is 14.5 Å². The molecule has 5 nitrogen and oxygen atoms in total. The van der Waals surface area contributed by atoms with Gasteiger partial charge in [0.2, 0.25) is 5.91 Å². The Kier molecular flexibility index (Phi) is 5.45. The standard InChI is InChI=1S/C18H16BrN3O2S/c1-2-7-21(10-14-4-3-8-25-14)17(23)11-22-12-20-16-6-5-13(19)9-15(16)18(22)24/h2-6,8-9,12H,1,7,10-11H2. The molecular formula is C18H16BrN3O2S. The summed E-state index contributed by atoms with van der Waals surface area (Å²) in [6.07, 6.45) is 3.11. The third kappa shape index (κ3) is 4.05. The predicted octanol–water partition coefficient (Wildman–Crippen LogP) is 3.44. The summed E-state index contributed by atoms with van der Waals surface area (Å²) in [4.78, 5) is 32.3. The highest BCUT2D eigenvalue weighted by atomic mass is 79.9. The van der Waals surface area contributed by atoms with Crippen molar-refractivity contribution in [3.63, 3.8) is 0 Å². The van der Waals surface area contributed by atoms with Crippen molar-refractivity contribution in [3.05, 3.63) is 74.4 Å². The lowest BCUT2D eigenvalue weighted by molar-refractivity contribution is -0.131. The Balaban J connectivity index is 1.85. The molecule has 0 aliphatic rings. The van der Waals surface area contributed by atoms with Crippen LogP contribution >= 0.6 is 27.3 Å². The number of carbonyl (C=O) groups is 1. The zero-order valence-corrected chi connectivity index (χ0v) is 15.8. The maximum Gasteiger partial charge on any atom is 0.261 e. The zero-order chi connectivity index (χ0) is 17.8. The summed E-state index contributed by atoms with van der Waals surface area (Å²) in [5, 5.41) is 2.46. The van der Waals surface area contributed by atoms with Gasteiger partial charge in [0.05, 0.1) is 23.8 Å². The topological polar surface area (TPSA) is 55.2 Å². The summed E-state index contributed by atoms with van der Waals surface area (Å²) in [5.74, 6) is -0.147. The van der Waals surface area contributed by atoms with Crippen LogP contribution in [-0.2, 0) is 17.9 Å². The fourth-order valence-corrected chi connectivity index (χ4v) is 3.57. The van der Waals surface area contributed by atoms with Crippen molar-refractivity contribution in [2.24, 2.45) is 0 Å². The zero-order valence-electron chi connectivity index (χ0n) is 13.4. The Morgan fingerprint density at radius 3 is 2.96 bits per heavy atom. The summed E-state index contributed by atoms with van der Waals surface area (Å²) >= 11 is 4.95. The fraction of sp³-hybridized carbons (Fsp3) is 0.167. The summed E-state index contributed by atoms with van der Waals surface area (Å²) in [5.41, 5.74) is 0.382. The van der Waals surface area contributed by atoms with E-state index >= 15 is 0 Å². The van der Waals surface area contributed by atoms with E-state index in [9.17, 15) is 9.59 Å². The largest absolute Gasteiger partial charge is 0.332 e. The number of halogens is 1. The minimum absolute atomic E-state index is 0.0481. The summed E-state index contributed by atoms with van der Waals surface area (Å²) in [7, 11) is 0. The lowest BCUT2D eigenvalue weighted by Crippen LogP contribution is -2.36. The molecule has 7 heteroatoms. The van der Waals surface area contributed by atoms with Crippen LogP contribution < -0.4 is 5.56 Å². The van der Waals surface area contributed by atoms with E-state index in [1.54, 1.807) is 34.4 Å². The maximum absolute atomic E-state index is 12.7. The van der Waals surface area contributed by atoms with E-state index in [1.807, 2.05) is 23.6 Å². The Hall–Kier alpha value is -2.25. The Labute approximate surface area is 157 Å². The number of hydrogen-bond donors (Lipinski definition) is 0. The first-order valence-corrected chi connectivity index (χ1v) is 9.31. The van der Waals surface area contributed by atoms with Gasteiger partial charge in [0.1, 0.15) is 6.54 Å². The van der Waals surface area contributed by atoms with E-state index in [0.717, 1.165) is 9.35 Å². The third-order valence-corrected chi connectivity index (χ3v) is 5.08. The molecule has 0 saturated heterocycles. The van der Waals surface area contributed by atoms with Crippen LogP contribution in [0, 0.1) is 0 Å². The van der Waals surface area contributed by atoms with Crippen LogP contribution in [0.1, 0.15) is 4.88 Å². The SMILES string of the molecule is C=CCN(Cc1cccs1)C(=O)Cn1cnc2ccc(Br)cc2c1=O. The number of rotatable bonds is 6. The van der Waals surface area contributed by atoms with Gasteiger partial charge >= 0.3 is 0 Å². The molecule has 0 bridgehead atoms. The van der Waals surface area contributed by atoms with Crippen LogP contribution in [0.25, 0.3) is 10.9 Å². The molecule has 0 saturated carbocycles. The number of benzene rings is 1. The molecule has 0 atom stereocenters. The van der Waals surface area contributed by atoms with Gasteiger partial charge in [-0.25, -0.2) is 4.98 Å². The second-order valence-electron chi connectivity index (χ2n) is 5.48. The lowest BCUT2D eigenvalue weighted by Gasteiger charge is -2.21. The quantitative estimate of drug-likeness (QED) is 0.577. The van der Waals surface area contributed by atoms with Gasteiger partial charge in [-0.1, -0.05) is 28.1 Å². The minimum Gasteiger partial charge on any atom is -0.332 e. The Morgan fingerprint density at radius 2 is 2.24 bits per heavy atom. The summed E-state index contributed by atoms with van der Waals surface area (Å²) in [6, 6.07) is 9.26. The van der Waals surface area contributed by atoms with Gasteiger partial charge < -0.3 is 4.90 Å². The fourth-order valence-electron chi connectivity index (χ4n) is 2.49. The van der Waals surface area contributed by atoms with Crippen LogP contribution in [0.2, 0.25) is 0 Å². The first kappa shape index (κ1) is 17.6. The first-order chi connectivity index (χ1) is 12.1. The number of amides is 1. The number of aromatic nitrogens is 2. The lowest BCUT2D eigenvalue weighted by atomic mass is 10.2. The highest BCUT2D eigenvalue weighted by Gasteiger charge is 2.15. The summed E-state index contributed by atoms with van der Waals surface area (Å²) < 4.78 is 2.15. The molecule has 0 aliphatic heterocycles. The van der Waals surface area contributed by atoms with Crippen molar-refractivity contribution in [3.8, 4) is 0 Å². The van der Waals surface area contributed by atoms with Crippen molar-refractivity contribution in [2.75, 3.05) is 6.54 Å². The molecular weight excluding hydrogens is 402 g/mol. The molecule has 0 radical (unpaired) electrons. The number of fused-ring (bicyclic) bond motifs is 1. The van der Waals surface area contributed by atoms with Gasteiger partial charge in [0.25, 0.3) is 5.56 Å². The molecule has 128 valence electrons. The molecule has 1 amide bonds. The van der Waals surface area contributed by atoms with E-state index in [4.69, 9.17) is 0 Å². The number of thiophene rings is 1. The molecule has 2 heterocycles. The third-order valence-electron chi connectivity index (χ3n) is 3.72. The smallest absolute Gasteiger partial charge is 0.261 e. The van der Waals surface area contributed by atoms with Crippen LogP contribution in [0.15, 0.2) is 64.0 Å². The highest BCUT2D eigenvalue weighted by Crippen LogP contribution is 2.15. The van der Waals surface area contributed by atoms with E-state index in [0.29, 0.717) is 24.0 Å². The predicted molar refractivity (Wildman–Crippen MR) is 104 cm³/mol. The number of nitrogens with zero attached hydrogens (tertiary/aromatic N) is 3. The van der Waals surface area contributed by atoms with E-state index < -0.39 is 0 Å². The second-order valence-corrected chi connectivity index (χ2v) is 7.43. The average molecular weight is 418 g/mol. The van der Waals surface area contributed by atoms with E-state index in [1.165, 1.54) is 10.9 Å². The van der Waals surface area contributed by atoms with Gasteiger partial charge in [-0.15, -0.1) is 17.9 Å². The van der Waals surface area contributed by atoms with E-state index in [2.05, 4.69) is 27.5 Å². The van der Waals surface area contributed by atoms with E-state index in [-0.39, 0.29) is 18.0 Å². The van der Waals surface area contributed by atoms with Crippen LogP contribution in [0.5, 0.6) is 0 Å². The van der Waals surface area contributed by atoms with Gasteiger partial charge in [-0.2, -0.15) is 0 Å². The molecule has 2 aromatic heterocycles. The van der Waals surface area contributed by atoms with Gasteiger partial charge in [0.15, 0.2) is 0 Å². The normalized spacial score (nSPS) is 10.8. The first-order valence-electron chi connectivity index (χ1n) is 7.64. The van der Waals surface area contributed by atoms with Gasteiger partial charge in [0, 0.05) is 15.9 Å². The van der Waals surface area contributed by atoms with Crippen LogP contribution in [-0.4, -0.2) is 26.9 Å². The summed E-state index contributed by atoms with van der Waals surface area (Å²) in [6.45, 7) is 4.60. The molecule has 3 aromatic rings. The minimum atomic E-state index is -0.227. The van der Waals surface area contributed by atoms with Crippen molar-refractivity contribution in [2.45, 2.75) is 13.1 Å². The molecule has 0 spiro atoms.